The van der Waals surface area contributed by atoms with Gasteiger partial charge in [0.15, 0.2) is 0 Å². The van der Waals surface area contributed by atoms with Gasteiger partial charge in [-0.2, -0.15) is 0 Å². The second-order valence-corrected chi connectivity index (χ2v) is 6.04. The highest BCUT2D eigenvalue weighted by Crippen LogP contribution is 2.30. The number of hydrogen-bond acceptors (Lipinski definition) is 2. The topological polar surface area (TPSA) is 58.4 Å². The van der Waals surface area contributed by atoms with Gasteiger partial charge in [-0.05, 0) is 24.0 Å². The summed E-state index contributed by atoms with van der Waals surface area (Å²) in [6.45, 7) is 1.89. The number of amides is 2. The number of benzene rings is 2. The standard InChI is InChI=1S/C19H23N3O/c20-19(23)21-17-11-13-22(14-12-17)18(15-7-3-1-4-8-15)16-9-5-2-6-10-16/h1-10,17-18H,11-14H2,(H3,20,21,23). The predicted octanol–water partition coefficient (Wildman–Crippen LogP) is 2.91. The average Bonchev–Trinajstić information content (AvgIpc) is 2.58. The number of carbonyl (C=O) groups is 1. The molecule has 0 unspecified atom stereocenters. The van der Waals surface area contributed by atoms with Crippen molar-refractivity contribution in [3.05, 3.63) is 71.8 Å². The van der Waals surface area contributed by atoms with Crippen LogP contribution in [0.1, 0.15) is 30.0 Å². The Morgan fingerprint density at radius 1 is 0.957 bits per heavy atom. The van der Waals surface area contributed by atoms with Crippen LogP contribution in [0.3, 0.4) is 0 Å². The molecule has 1 fully saturated rings. The first kappa shape index (κ1) is 15.6. The lowest BCUT2D eigenvalue weighted by Crippen LogP contribution is -2.47. The fourth-order valence-electron chi connectivity index (χ4n) is 3.39. The summed E-state index contributed by atoms with van der Waals surface area (Å²) in [5, 5.41) is 2.83. The van der Waals surface area contributed by atoms with Crippen molar-refractivity contribution in [3.8, 4) is 0 Å². The lowest BCUT2D eigenvalue weighted by atomic mass is 9.94. The van der Waals surface area contributed by atoms with Crippen LogP contribution in [-0.2, 0) is 0 Å². The summed E-state index contributed by atoms with van der Waals surface area (Å²) >= 11 is 0. The van der Waals surface area contributed by atoms with Gasteiger partial charge in [0.25, 0.3) is 0 Å². The lowest BCUT2D eigenvalue weighted by Gasteiger charge is -2.38. The molecular formula is C19H23N3O. The van der Waals surface area contributed by atoms with Crippen molar-refractivity contribution in [2.24, 2.45) is 5.73 Å². The molecule has 0 atom stereocenters. The Bertz CT molecular complexity index is 582. The molecule has 1 aliphatic heterocycles. The van der Waals surface area contributed by atoms with Gasteiger partial charge in [0.2, 0.25) is 0 Å². The first-order valence-electron chi connectivity index (χ1n) is 8.14. The zero-order chi connectivity index (χ0) is 16.1. The molecule has 120 valence electrons. The minimum Gasteiger partial charge on any atom is -0.352 e. The Hall–Kier alpha value is -2.33. The average molecular weight is 309 g/mol. The minimum absolute atomic E-state index is 0.191. The van der Waals surface area contributed by atoms with Gasteiger partial charge in [0.1, 0.15) is 0 Å². The fourth-order valence-corrected chi connectivity index (χ4v) is 3.39. The van der Waals surface area contributed by atoms with Gasteiger partial charge < -0.3 is 11.1 Å². The summed E-state index contributed by atoms with van der Waals surface area (Å²) in [5.74, 6) is 0. The maximum Gasteiger partial charge on any atom is 0.312 e. The van der Waals surface area contributed by atoms with Crippen LogP contribution in [0.15, 0.2) is 60.7 Å². The maximum atomic E-state index is 11.0. The van der Waals surface area contributed by atoms with E-state index in [2.05, 4.69) is 70.9 Å². The Kier molecular flexibility index (Phi) is 4.93. The summed E-state index contributed by atoms with van der Waals surface area (Å²) in [4.78, 5) is 13.5. The monoisotopic (exact) mass is 309 g/mol. The van der Waals surface area contributed by atoms with Crippen molar-refractivity contribution in [2.75, 3.05) is 13.1 Å². The summed E-state index contributed by atoms with van der Waals surface area (Å²) in [7, 11) is 0. The third-order valence-electron chi connectivity index (χ3n) is 4.47. The van der Waals surface area contributed by atoms with E-state index >= 15 is 0 Å². The number of nitrogens with one attached hydrogen (secondary N) is 1. The van der Waals surface area contributed by atoms with Gasteiger partial charge in [-0.15, -0.1) is 0 Å². The number of piperidine rings is 1. The highest BCUT2D eigenvalue weighted by molar-refractivity contribution is 5.71. The van der Waals surface area contributed by atoms with Crippen LogP contribution in [-0.4, -0.2) is 30.1 Å². The molecule has 4 heteroatoms. The third-order valence-corrected chi connectivity index (χ3v) is 4.47. The van der Waals surface area contributed by atoms with Gasteiger partial charge >= 0.3 is 6.03 Å². The number of hydrogen-bond donors (Lipinski definition) is 2. The molecule has 0 radical (unpaired) electrons. The van der Waals surface area contributed by atoms with E-state index in [-0.39, 0.29) is 12.1 Å². The molecule has 2 aromatic carbocycles. The maximum absolute atomic E-state index is 11.0. The van der Waals surface area contributed by atoms with E-state index in [0.29, 0.717) is 0 Å². The zero-order valence-electron chi connectivity index (χ0n) is 13.2. The van der Waals surface area contributed by atoms with Crippen molar-refractivity contribution in [3.63, 3.8) is 0 Å². The molecule has 0 bridgehead atoms. The van der Waals surface area contributed by atoms with Crippen LogP contribution in [0.25, 0.3) is 0 Å². The largest absolute Gasteiger partial charge is 0.352 e. The summed E-state index contributed by atoms with van der Waals surface area (Å²) in [6.07, 6.45) is 1.86. The molecule has 0 aliphatic carbocycles. The quantitative estimate of drug-likeness (QED) is 0.912. The number of nitrogens with zero attached hydrogens (tertiary/aromatic N) is 1. The van der Waals surface area contributed by atoms with E-state index in [1.165, 1.54) is 11.1 Å². The minimum atomic E-state index is -0.425. The van der Waals surface area contributed by atoms with Crippen LogP contribution in [0.4, 0.5) is 4.79 Å². The van der Waals surface area contributed by atoms with E-state index in [9.17, 15) is 4.79 Å². The van der Waals surface area contributed by atoms with Crippen molar-refractivity contribution >= 4 is 6.03 Å². The Morgan fingerprint density at radius 2 is 1.43 bits per heavy atom. The molecule has 2 aromatic rings. The number of primary amides is 1. The van der Waals surface area contributed by atoms with Crippen LogP contribution in [0.2, 0.25) is 0 Å². The number of carbonyl (C=O) groups excluding carboxylic acids is 1. The molecule has 3 rings (SSSR count). The van der Waals surface area contributed by atoms with E-state index < -0.39 is 6.03 Å². The lowest BCUT2D eigenvalue weighted by molar-refractivity contribution is 0.164. The highest BCUT2D eigenvalue weighted by atomic mass is 16.2. The molecule has 1 aliphatic rings. The third kappa shape index (κ3) is 3.90. The van der Waals surface area contributed by atoms with Gasteiger partial charge in [-0.3, -0.25) is 4.90 Å². The van der Waals surface area contributed by atoms with Gasteiger partial charge in [0.05, 0.1) is 6.04 Å². The Morgan fingerprint density at radius 3 is 1.87 bits per heavy atom. The molecular weight excluding hydrogens is 286 g/mol. The number of rotatable bonds is 4. The molecule has 3 N–H and O–H groups in total. The highest BCUT2D eigenvalue weighted by Gasteiger charge is 2.27. The molecule has 4 nitrogen and oxygen atoms in total. The summed E-state index contributed by atoms with van der Waals surface area (Å²) < 4.78 is 0. The molecule has 0 spiro atoms. The molecule has 2 amide bonds. The van der Waals surface area contributed by atoms with Crippen LogP contribution < -0.4 is 11.1 Å². The SMILES string of the molecule is NC(=O)NC1CCN(C(c2ccccc2)c2ccccc2)CC1. The van der Waals surface area contributed by atoms with Crippen molar-refractivity contribution < 1.29 is 4.79 Å². The number of urea groups is 1. The van der Waals surface area contributed by atoms with Crippen molar-refractivity contribution in [2.45, 2.75) is 24.9 Å². The van der Waals surface area contributed by atoms with Crippen LogP contribution in [0.5, 0.6) is 0 Å². The predicted molar refractivity (Wildman–Crippen MR) is 92.0 cm³/mol. The number of likely N-dealkylation sites (tertiary alicyclic amines) is 1. The van der Waals surface area contributed by atoms with E-state index in [1.807, 2.05) is 0 Å². The normalized spacial score (nSPS) is 16.4. The van der Waals surface area contributed by atoms with Gasteiger partial charge in [-0.1, -0.05) is 60.7 Å². The smallest absolute Gasteiger partial charge is 0.312 e. The molecule has 0 aromatic heterocycles. The van der Waals surface area contributed by atoms with Gasteiger partial charge in [-0.25, -0.2) is 4.79 Å². The second-order valence-electron chi connectivity index (χ2n) is 6.04. The molecule has 0 saturated carbocycles. The zero-order valence-corrected chi connectivity index (χ0v) is 13.2. The summed E-state index contributed by atoms with van der Waals surface area (Å²) in [6, 6.07) is 21.2. The summed E-state index contributed by atoms with van der Waals surface area (Å²) in [5.41, 5.74) is 7.85. The van der Waals surface area contributed by atoms with E-state index in [0.717, 1.165) is 25.9 Å². The Labute approximate surface area is 137 Å². The van der Waals surface area contributed by atoms with Crippen molar-refractivity contribution in [1.82, 2.24) is 10.2 Å². The molecule has 23 heavy (non-hydrogen) atoms. The van der Waals surface area contributed by atoms with Crippen LogP contribution in [0, 0.1) is 0 Å². The first-order valence-corrected chi connectivity index (χ1v) is 8.14. The fraction of sp³-hybridized carbons (Fsp3) is 0.316. The van der Waals surface area contributed by atoms with Gasteiger partial charge in [0, 0.05) is 19.1 Å². The Balaban J connectivity index is 1.79. The number of nitrogens with two attached hydrogens (primary N) is 1. The first-order chi connectivity index (χ1) is 11.2. The second kappa shape index (κ2) is 7.29. The van der Waals surface area contributed by atoms with Crippen LogP contribution >= 0.6 is 0 Å². The molecule has 1 heterocycles. The molecule has 1 saturated heterocycles. The van der Waals surface area contributed by atoms with Crippen molar-refractivity contribution in [1.29, 1.82) is 0 Å². The van der Waals surface area contributed by atoms with E-state index in [4.69, 9.17) is 5.73 Å². The van der Waals surface area contributed by atoms with E-state index in [1.54, 1.807) is 0 Å².